The fraction of sp³-hybridized carbons (Fsp3) is 0.714. The standard InChI is InChI=1S/C21H30N2O7S/c1-12(24)22-15(18(27)29-3)11-31-19(28)21(16(25)13-7-5-4-6-8-13)20(2)14(9-10-30-20)17(26)23-21/h5,7,13-16,25H,4,6,8-11H2,1-3H3,(H,22,24)(H,23,26)/t13-,14+,15?,16+,20+,21+/m1/s1. The number of ether oxygens (including phenoxy) is 2. The first-order chi connectivity index (χ1) is 14.7. The molecule has 6 atom stereocenters. The van der Waals surface area contributed by atoms with Gasteiger partial charge in [0.2, 0.25) is 16.9 Å². The van der Waals surface area contributed by atoms with E-state index in [1.807, 2.05) is 12.2 Å². The molecule has 0 bridgehead atoms. The molecule has 0 aromatic carbocycles. The summed E-state index contributed by atoms with van der Waals surface area (Å²) < 4.78 is 10.7. The van der Waals surface area contributed by atoms with Crippen LogP contribution in [-0.4, -0.2) is 70.8 Å². The quantitative estimate of drug-likeness (QED) is 0.370. The Kier molecular flexibility index (Phi) is 7.12. The normalized spacial score (nSPS) is 33.9. The zero-order chi connectivity index (χ0) is 22.8. The van der Waals surface area contributed by atoms with Crippen molar-refractivity contribution in [2.24, 2.45) is 11.8 Å². The predicted molar refractivity (Wildman–Crippen MR) is 113 cm³/mol. The highest BCUT2D eigenvalue weighted by Gasteiger charge is 2.71. The molecule has 3 rings (SSSR count). The van der Waals surface area contributed by atoms with Crippen LogP contribution in [0.25, 0.3) is 0 Å². The number of hydrogen-bond acceptors (Lipinski definition) is 8. The Morgan fingerprint density at radius 1 is 1.42 bits per heavy atom. The highest BCUT2D eigenvalue weighted by atomic mass is 32.2. The number of thioether (sulfide) groups is 1. The molecule has 172 valence electrons. The van der Waals surface area contributed by atoms with Gasteiger partial charge in [0.25, 0.3) is 0 Å². The van der Waals surface area contributed by atoms with E-state index in [0.717, 1.165) is 24.6 Å². The van der Waals surface area contributed by atoms with Gasteiger partial charge >= 0.3 is 5.97 Å². The zero-order valence-electron chi connectivity index (χ0n) is 18.0. The van der Waals surface area contributed by atoms with E-state index in [-0.39, 0.29) is 17.6 Å². The summed E-state index contributed by atoms with van der Waals surface area (Å²) in [5.74, 6) is -2.41. The van der Waals surface area contributed by atoms with Crippen molar-refractivity contribution in [2.75, 3.05) is 19.5 Å². The van der Waals surface area contributed by atoms with Crippen molar-refractivity contribution in [1.82, 2.24) is 10.6 Å². The minimum absolute atomic E-state index is 0.101. The largest absolute Gasteiger partial charge is 0.467 e. The molecule has 1 unspecified atom stereocenters. The number of esters is 1. The molecule has 2 amide bonds. The monoisotopic (exact) mass is 454 g/mol. The minimum atomic E-state index is -1.67. The lowest BCUT2D eigenvalue weighted by Crippen LogP contribution is -2.69. The van der Waals surface area contributed by atoms with Crippen molar-refractivity contribution in [3.63, 3.8) is 0 Å². The summed E-state index contributed by atoms with van der Waals surface area (Å²) in [6.45, 7) is 3.28. The number of aliphatic hydroxyl groups is 1. The van der Waals surface area contributed by atoms with Crippen molar-refractivity contribution >= 4 is 34.7 Å². The molecular formula is C21H30N2O7S. The Hall–Kier alpha value is -1.91. The van der Waals surface area contributed by atoms with Crippen LogP contribution in [0.1, 0.15) is 39.5 Å². The number of amides is 2. The van der Waals surface area contributed by atoms with Crippen LogP contribution in [0.15, 0.2) is 12.2 Å². The molecule has 0 aromatic heterocycles. The Balaban J connectivity index is 1.91. The van der Waals surface area contributed by atoms with Crippen molar-refractivity contribution in [1.29, 1.82) is 0 Å². The maximum atomic E-state index is 13.7. The van der Waals surface area contributed by atoms with Gasteiger partial charge in [0.05, 0.1) is 19.1 Å². The topological polar surface area (TPSA) is 131 Å². The number of fused-ring (bicyclic) bond motifs is 1. The highest BCUT2D eigenvalue weighted by molar-refractivity contribution is 8.13. The SMILES string of the molecule is COC(=O)C(CSC(=O)[C@]1([C@@H](O)[C@@H]2C=CCCC2)NC(=O)[C@@H]2CCO[C@@]21C)NC(C)=O. The molecule has 10 heteroatoms. The van der Waals surface area contributed by atoms with Crippen LogP contribution in [0.3, 0.4) is 0 Å². The Morgan fingerprint density at radius 3 is 2.77 bits per heavy atom. The van der Waals surface area contributed by atoms with Crippen LogP contribution in [0.5, 0.6) is 0 Å². The molecule has 2 saturated heterocycles. The second kappa shape index (κ2) is 9.30. The number of methoxy groups -OCH3 is 1. The molecule has 3 aliphatic rings. The van der Waals surface area contributed by atoms with Crippen molar-refractivity contribution in [3.05, 3.63) is 12.2 Å². The van der Waals surface area contributed by atoms with E-state index < -0.39 is 46.2 Å². The summed E-state index contributed by atoms with van der Waals surface area (Å²) in [7, 11) is 1.19. The summed E-state index contributed by atoms with van der Waals surface area (Å²) in [5.41, 5.74) is -2.88. The average Bonchev–Trinajstić information content (AvgIpc) is 3.25. The van der Waals surface area contributed by atoms with E-state index >= 15 is 0 Å². The third-order valence-electron chi connectivity index (χ3n) is 6.60. The Bertz CT molecular complexity index is 788. The number of aliphatic hydroxyl groups excluding tert-OH is 1. The third kappa shape index (κ3) is 4.12. The summed E-state index contributed by atoms with van der Waals surface area (Å²) in [6.07, 6.45) is 5.59. The van der Waals surface area contributed by atoms with Gasteiger partial charge in [-0.15, -0.1) is 0 Å². The molecule has 0 aromatic rings. The highest BCUT2D eigenvalue weighted by Crippen LogP contribution is 2.51. The van der Waals surface area contributed by atoms with Crippen LogP contribution in [0, 0.1) is 11.8 Å². The number of hydrogen-bond donors (Lipinski definition) is 3. The predicted octanol–water partition coefficient (Wildman–Crippen LogP) is 0.305. The van der Waals surface area contributed by atoms with Gasteiger partial charge in [0, 0.05) is 25.2 Å². The van der Waals surface area contributed by atoms with E-state index in [1.165, 1.54) is 14.0 Å². The smallest absolute Gasteiger partial charge is 0.329 e. The number of allylic oxidation sites excluding steroid dienone is 1. The summed E-state index contributed by atoms with van der Waals surface area (Å²) in [4.78, 5) is 49.9. The lowest BCUT2D eigenvalue weighted by atomic mass is 9.69. The van der Waals surface area contributed by atoms with Gasteiger partial charge in [-0.1, -0.05) is 23.9 Å². The molecule has 9 nitrogen and oxygen atoms in total. The van der Waals surface area contributed by atoms with Crippen LogP contribution < -0.4 is 10.6 Å². The maximum Gasteiger partial charge on any atom is 0.329 e. The van der Waals surface area contributed by atoms with E-state index in [2.05, 4.69) is 10.6 Å². The molecule has 0 radical (unpaired) electrons. The minimum Gasteiger partial charge on any atom is -0.467 e. The molecule has 0 spiro atoms. The zero-order valence-corrected chi connectivity index (χ0v) is 18.8. The van der Waals surface area contributed by atoms with E-state index in [4.69, 9.17) is 9.47 Å². The van der Waals surface area contributed by atoms with E-state index in [1.54, 1.807) is 6.92 Å². The van der Waals surface area contributed by atoms with Gasteiger partial charge in [0.15, 0.2) is 5.54 Å². The lowest BCUT2D eigenvalue weighted by Gasteiger charge is -2.45. The van der Waals surface area contributed by atoms with Crippen molar-refractivity contribution in [2.45, 2.75) is 62.8 Å². The molecule has 2 aliphatic heterocycles. The maximum absolute atomic E-state index is 13.7. The van der Waals surface area contributed by atoms with Gasteiger partial charge < -0.3 is 25.2 Å². The molecule has 2 fully saturated rings. The lowest BCUT2D eigenvalue weighted by molar-refractivity contribution is -0.144. The van der Waals surface area contributed by atoms with E-state index in [9.17, 15) is 24.3 Å². The van der Waals surface area contributed by atoms with Gasteiger partial charge in [-0.05, 0) is 32.6 Å². The fourth-order valence-corrected chi connectivity index (χ4v) is 6.07. The van der Waals surface area contributed by atoms with Gasteiger partial charge in [-0.3, -0.25) is 14.4 Å². The summed E-state index contributed by atoms with van der Waals surface area (Å²) in [5, 5.41) is 16.2. The number of rotatable bonds is 7. The Morgan fingerprint density at radius 2 is 2.16 bits per heavy atom. The van der Waals surface area contributed by atoms with E-state index in [0.29, 0.717) is 19.4 Å². The number of carbonyl (C=O) groups excluding carboxylic acids is 4. The Labute approximate surface area is 185 Å². The van der Waals surface area contributed by atoms with Gasteiger partial charge in [0.1, 0.15) is 11.6 Å². The first kappa shape index (κ1) is 23.7. The fourth-order valence-electron chi connectivity index (χ4n) is 4.93. The van der Waals surface area contributed by atoms with Crippen molar-refractivity contribution in [3.8, 4) is 0 Å². The molecule has 0 saturated carbocycles. The van der Waals surface area contributed by atoms with Gasteiger partial charge in [-0.2, -0.15) is 0 Å². The molecule has 2 heterocycles. The summed E-state index contributed by atoms with van der Waals surface area (Å²) >= 11 is 0.775. The second-order valence-corrected chi connectivity index (χ2v) is 9.43. The first-order valence-electron chi connectivity index (χ1n) is 10.5. The van der Waals surface area contributed by atoms with Crippen LogP contribution in [0.4, 0.5) is 0 Å². The number of nitrogens with one attached hydrogen (secondary N) is 2. The molecular weight excluding hydrogens is 424 g/mol. The third-order valence-corrected chi connectivity index (χ3v) is 7.68. The molecule has 3 N–H and O–H groups in total. The molecule has 31 heavy (non-hydrogen) atoms. The van der Waals surface area contributed by atoms with Crippen LogP contribution in [0.2, 0.25) is 0 Å². The summed E-state index contributed by atoms with van der Waals surface area (Å²) in [6, 6.07) is -1.04. The van der Waals surface area contributed by atoms with Gasteiger partial charge in [-0.25, -0.2) is 4.79 Å². The average molecular weight is 455 g/mol. The van der Waals surface area contributed by atoms with Crippen LogP contribution >= 0.6 is 11.8 Å². The van der Waals surface area contributed by atoms with Crippen LogP contribution in [-0.2, 0) is 28.7 Å². The number of carbonyl (C=O) groups is 4. The molecule has 1 aliphatic carbocycles. The van der Waals surface area contributed by atoms with Crippen molar-refractivity contribution < 1.29 is 33.8 Å². The first-order valence-corrected chi connectivity index (χ1v) is 11.5. The second-order valence-electron chi connectivity index (χ2n) is 8.44.